The van der Waals surface area contributed by atoms with Crippen molar-refractivity contribution in [1.82, 2.24) is 10.2 Å². The minimum Gasteiger partial charge on any atom is -0.324 e. The summed E-state index contributed by atoms with van der Waals surface area (Å²) in [5, 5.41) is 5.41. The molecule has 118 valence electrons. The van der Waals surface area contributed by atoms with Crippen LogP contribution in [0, 0.1) is 11.8 Å². The number of para-hydroxylation sites is 1. The molecule has 1 spiro atoms. The van der Waals surface area contributed by atoms with Crippen LogP contribution in [0.25, 0.3) is 0 Å². The molecule has 1 aromatic carbocycles. The molecule has 1 aromatic rings. The maximum atomic E-state index is 13.1. The lowest BCUT2D eigenvalue weighted by molar-refractivity contribution is -0.138. The van der Waals surface area contributed by atoms with Crippen molar-refractivity contribution in [3.8, 4) is 0 Å². The van der Waals surface area contributed by atoms with Crippen LogP contribution in [0.2, 0.25) is 0 Å². The first-order valence-electron chi connectivity index (χ1n) is 8.18. The third kappa shape index (κ3) is 1.36. The Labute approximate surface area is 133 Å². The van der Waals surface area contributed by atoms with Crippen LogP contribution < -0.4 is 10.6 Å². The molecule has 3 saturated heterocycles. The van der Waals surface area contributed by atoms with E-state index in [4.69, 9.17) is 0 Å². The standard InChI is InChI=1S/C17H17N3O3/c21-14-12-11-7-3-4-8-20(11)17(13(12)15(22)19-14)9-5-1-2-6-10(9)18-16(17)23/h1-2,5-6,11-13H,3-4,7-8H2,(H,18,23)(H,19,21,22)/t11-,12-,13-,17-/m1/s1. The average Bonchev–Trinajstić information content (AvgIpc) is 3.13. The molecule has 3 fully saturated rings. The van der Waals surface area contributed by atoms with E-state index in [2.05, 4.69) is 15.5 Å². The largest absolute Gasteiger partial charge is 0.324 e. The van der Waals surface area contributed by atoms with Crippen molar-refractivity contribution >= 4 is 23.4 Å². The quantitative estimate of drug-likeness (QED) is 0.688. The third-order valence-electron chi connectivity index (χ3n) is 5.99. The average molecular weight is 311 g/mol. The Hall–Kier alpha value is -2.21. The third-order valence-corrected chi connectivity index (χ3v) is 5.99. The molecule has 6 nitrogen and oxygen atoms in total. The fraction of sp³-hybridized carbons (Fsp3) is 0.471. The molecule has 0 unspecified atom stereocenters. The van der Waals surface area contributed by atoms with E-state index in [0.29, 0.717) is 0 Å². The minimum atomic E-state index is -1.03. The molecule has 0 bridgehead atoms. The van der Waals surface area contributed by atoms with Crippen LogP contribution >= 0.6 is 0 Å². The number of anilines is 1. The normalized spacial score (nSPS) is 38.3. The number of rotatable bonds is 0. The number of imide groups is 1. The van der Waals surface area contributed by atoms with Crippen LogP contribution in [-0.2, 0) is 19.9 Å². The molecule has 0 radical (unpaired) electrons. The summed E-state index contributed by atoms with van der Waals surface area (Å²) in [6.45, 7) is 0.750. The summed E-state index contributed by atoms with van der Waals surface area (Å²) in [6.07, 6.45) is 2.88. The van der Waals surface area contributed by atoms with E-state index in [1.54, 1.807) is 0 Å². The fourth-order valence-corrected chi connectivity index (χ4v) is 5.25. The number of carbonyl (C=O) groups is 3. The summed E-state index contributed by atoms with van der Waals surface area (Å²) >= 11 is 0. The number of hydrogen-bond acceptors (Lipinski definition) is 4. The van der Waals surface area contributed by atoms with Gasteiger partial charge in [-0.2, -0.15) is 0 Å². The molecule has 2 N–H and O–H groups in total. The molecule has 0 aliphatic carbocycles. The fourth-order valence-electron chi connectivity index (χ4n) is 5.25. The van der Waals surface area contributed by atoms with Crippen molar-refractivity contribution in [2.24, 2.45) is 11.8 Å². The van der Waals surface area contributed by atoms with E-state index in [-0.39, 0.29) is 23.8 Å². The zero-order chi connectivity index (χ0) is 15.8. The predicted molar refractivity (Wildman–Crippen MR) is 81.2 cm³/mol. The van der Waals surface area contributed by atoms with E-state index in [1.165, 1.54) is 0 Å². The smallest absolute Gasteiger partial charge is 0.250 e. The summed E-state index contributed by atoms with van der Waals surface area (Å²) in [7, 11) is 0. The number of nitrogens with one attached hydrogen (secondary N) is 2. The Kier molecular flexibility index (Phi) is 2.42. The van der Waals surface area contributed by atoms with Crippen molar-refractivity contribution in [3.05, 3.63) is 29.8 Å². The molecule has 0 aromatic heterocycles. The molecular formula is C17H17N3O3. The monoisotopic (exact) mass is 311 g/mol. The highest BCUT2D eigenvalue weighted by molar-refractivity contribution is 6.15. The molecule has 23 heavy (non-hydrogen) atoms. The number of hydrogen-bond donors (Lipinski definition) is 2. The summed E-state index contributed by atoms with van der Waals surface area (Å²) in [6, 6.07) is 7.51. The van der Waals surface area contributed by atoms with Crippen LogP contribution in [0.5, 0.6) is 0 Å². The van der Waals surface area contributed by atoms with E-state index in [1.807, 2.05) is 24.3 Å². The Morgan fingerprint density at radius 2 is 1.87 bits per heavy atom. The molecule has 4 atom stereocenters. The SMILES string of the molecule is O=C1NC(=O)[C@H]2[C@H]1[C@H]1CCCCN1[C@@]21C(=O)Nc2ccccc21. The second-order valence-corrected chi connectivity index (χ2v) is 6.88. The van der Waals surface area contributed by atoms with Gasteiger partial charge in [0.25, 0.3) is 0 Å². The molecule has 5 rings (SSSR count). The van der Waals surface area contributed by atoms with Gasteiger partial charge < -0.3 is 5.32 Å². The van der Waals surface area contributed by atoms with Crippen molar-refractivity contribution in [3.63, 3.8) is 0 Å². The summed E-state index contributed by atoms with van der Waals surface area (Å²) in [5.41, 5.74) is 0.576. The van der Waals surface area contributed by atoms with Gasteiger partial charge in [0.2, 0.25) is 17.7 Å². The van der Waals surface area contributed by atoms with Gasteiger partial charge in [-0.05, 0) is 25.5 Å². The van der Waals surface area contributed by atoms with Gasteiger partial charge in [-0.25, -0.2) is 0 Å². The van der Waals surface area contributed by atoms with Crippen LogP contribution in [0.15, 0.2) is 24.3 Å². The molecule has 4 heterocycles. The highest BCUT2D eigenvalue weighted by Gasteiger charge is 2.72. The number of fused-ring (bicyclic) bond motifs is 7. The maximum Gasteiger partial charge on any atom is 0.250 e. The number of piperidine rings is 1. The molecule has 6 heteroatoms. The first-order valence-corrected chi connectivity index (χ1v) is 8.18. The van der Waals surface area contributed by atoms with Gasteiger partial charge in [0.1, 0.15) is 5.54 Å². The van der Waals surface area contributed by atoms with Crippen molar-refractivity contribution in [2.75, 3.05) is 11.9 Å². The lowest BCUT2D eigenvalue weighted by Crippen LogP contribution is -2.56. The van der Waals surface area contributed by atoms with E-state index in [9.17, 15) is 14.4 Å². The second-order valence-electron chi connectivity index (χ2n) is 6.88. The van der Waals surface area contributed by atoms with Gasteiger partial charge in [-0.15, -0.1) is 0 Å². The van der Waals surface area contributed by atoms with Crippen molar-refractivity contribution in [1.29, 1.82) is 0 Å². The summed E-state index contributed by atoms with van der Waals surface area (Å²) < 4.78 is 0. The van der Waals surface area contributed by atoms with Crippen LogP contribution in [0.4, 0.5) is 5.69 Å². The second kappa shape index (κ2) is 4.20. The Morgan fingerprint density at radius 3 is 2.74 bits per heavy atom. The number of benzene rings is 1. The molecule has 4 aliphatic rings. The van der Waals surface area contributed by atoms with E-state index >= 15 is 0 Å². The van der Waals surface area contributed by atoms with E-state index in [0.717, 1.165) is 37.1 Å². The number of amides is 3. The zero-order valence-corrected chi connectivity index (χ0v) is 12.5. The molecule has 3 amide bonds. The van der Waals surface area contributed by atoms with Gasteiger partial charge in [0, 0.05) is 17.3 Å². The molecule has 0 saturated carbocycles. The minimum absolute atomic E-state index is 0.0305. The van der Waals surface area contributed by atoms with Gasteiger partial charge in [0.05, 0.1) is 11.8 Å². The first kappa shape index (κ1) is 13.2. The molecule has 4 aliphatic heterocycles. The van der Waals surface area contributed by atoms with Gasteiger partial charge in [0.15, 0.2) is 0 Å². The van der Waals surface area contributed by atoms with Crippen LogP contribution in [0.1, 0.15) is 24.8 Å². The number of nitrogens with zero attached hydrogens (tertiary/aromatic N) is 1. The Morgan fingerprint density at radius 1 is 1.04 bits per heavy atom. The van der Waals surface area contributed by atoms with Crippen LogP contribution in [-0.4, -0.2) is 35.2 Å². The maximum absolute atomic E-state index is 13.1. The highest BCUT2D eigenvalue weighted by Crippen LogP contribution is 2.58. The van der Waals surface area contributed by atoms with Crippen molar-refractivity contribution < 1.29 is 14.4 Å². The lowest BCUT2D eigenvalue weighted by atomic mass is 9.76. The highest BCUT2D eigenvalue weighted by atomic mass is 16.2. The molecular weight excluding hydrogens is 294 g/mol. The van der Waals surface area contributed by atoms with Gasteiger partial charge in [-0.1, -0.05) is 24.6 Å². The van der Waals surface area contributed by atoms with E-state index < -0.39 is 17.4 Å². The number of carbonyl (C=O) groups excluding carboxylic acids is 3. The van der Waals surface area contributed by atoms with Gasteiger partial charge in [-0.3, -0.25) is 24.6 Å². The van der Waals surface area contributed by atoms with Crippen molar-refractivity contribution in [2.45, 2.75) is 30.8 Å². The lowest BCUT2D eigenvalue weighted by Gasteiger charge is -2.41. The Bertz CT molecular complexity index is 761. The summed E-state index contributed by atoms with van der Waals surface area (Å²) in [4.78, 5) is 40.2. The van der Waals surface area contributed by atoms with Crippen LogP contribution in [0.3, 0.4) is 0 Å². The van der Waals surface area contributed by atoms with Gasteiger partial charge >= 0.3 is 0 Å². The predicted octanol–water partition coefficient (Wildman–Crippen LogP) is 0.591. The Balaban J connectivity index is 1.79. The summed E-state index contributed by atoms with van der Waals surface area (Å²) in [5.74, 6) is -1.73. The topological polar surface area (TPSA) is 78.5 Å². The zero-order valence-electron chi connectivity index (χ0n) is 12.5. The first-order chi connectivity index (χ1) is 11.2.